The number of methoxy groups -OCH3 is 1. The number of hydrogen-bond donors (Lipinski definition) is 1. The van der Waals surface area contributed by atoms with E-state index in [4.69, 9.17) is 4.74 Å². The van der Waals surface area contributed by atoms with E-state index in [0.29, 0.717) is 17.7 Å². The molecule has 2 unspecified atom stereocenters. The van der Waals surface area contributed by atoms with Crippen LogP contribution in [-0.2, 0) is 12.8 Å². The van der Waals surface area contributed by atoms with Crippen molar-refractivity contribution in [3.63, 3.8) is 0 Å². The van der Waals surface area contributed by atoms with Crippen molar-refractivity contribution >= 4 is 0 Å². The highest BCUT2D eigenvalue weighted by molar-refractivity contribution is 5.52. The molecule has 24 heavy (non-hydrogen) atoms. The Morgan fingerprint density at radius 2 is 1.92 bits per heavy atom. The molecule has 1 aliphatic heterocycles. The van der Waals surface area contributed by atoms with Gasteiger partial charge in [0, 0.05) is 18.5 Å². The fourth-order valence-corrected chi connectivity index (χ4v) is 4.55. The number of hydrogen-bond acceptors (Lipinski definition) is 3. The van der Waals surface area contributed by atoms with Gasteiger partial charge in [0.1, 0.15) is 0 Å². The molecule has 2 aromatic rings. The third kappa shape index (κ3) is 2.48. The summed E-state index contributed by atoms with van der Waals surface area (Å²) in [6.45, 7) is 1.05. The molecule has 3 heteroatoms. The van der Waals surface area contributed by atoms with E-state index in [1.165, 1.54) is 35.1 Å². The SMILES string of the molecule is COc1cc2c(cc1O)C1c3ccccc3CCCC1N(C)CC2. The summed E-state index contributed by atoms with van der Waals surface area (Å²) in [6.07, 6.45) is 4.56. The summed E-state index contributed by atoms with van der Waals surface area (Å²) < 4.78 is 5.35. The zero-order chi connectivity index (χ0) is 16.7. The van der Waals surface area contributed by atoms with Crippen LogP contribution in [0, 0.1) is 0 Å². The Kier molecular flexibility index (Phi) is 3.97. The van der Waals surface area contributed by atoms with E-state index in [0.717, 1.165) is 19.4 Å². The summed E-state index contributed by atoms with van der Waals surface area (Å²) in [6, 6.07) is 13.3. The first kappa shape index (κ1) is 15.5. The molecule has 2 atom stereocenters. The maximum atomic E-state index is 10.4. The highest BCUT2D eigenvalue weighted by Gasteiger charge is 2.35. The molecule has 0 saturated heterocycles. The molecule has 0 aromatic heterocycles. The molecular formula is C21H25NO2. The van der Waals surface area contributed by atoms with Crippen molar-refractivity contribution in [2.75, 3.05) is 20.7 Å². The first-order chi connectivity index (χ1) is 11.7. The minimum absolute atomic E-state index is 0.251. The van der Waals surface area contributed by atoms with E-state index >= 15 is 0 Å². The lowest BCUT2D eigenvalue weighted by Crippen LogP contribution is -2.36. The lowest BCUT2D eigenvalue weighted by molar-refractivity contribution is 0.222. The van der Waals surface area contributed by atoms with Crippen molar-refractivity contribution in [2.24, 2.45) is 0 Å². The largest absolute Gasteiger partial charge is 0.504 e. The molecular weight excluding hydrogens is 298 g/mol. The molecule has 0 fully saturated rings. The van der Waals surface area contributed by atoms with Gasteiger partial charge in [0.05, 0.1) is 7.11 Å². The van der Waals surface area contributed by atoms with Crippen LogP contribution in [0.15, 0.2) is 36.4 Å². The molecule has 4 rings (SSSR count). The number of rotatable bonds is 1. The molecule has 1 N–H and O–H groups in total. The third-order valence-electron chi connectivity index (χ3n) is 5.80. The second kappa shape index (κ2) is 6.14. The molecule has 0 saturated carbocycles. The first-order valence-electron chi connectivity index (χ1n) is 8.87. The fourth-order valence-electron chi connectivity index (χ4n) is 4.55. The van der Waals surface area contributed by atoms with Gasteiger partial charge in [-0.3, -0.25) is 0 Å². The second-order valence-electron chi connectivity index (χ2n) is 7.09. The van der Waals surface area contributed by atoms with Gasteiger partial charge in [-0.2, -0.15) is 0 Å². The van der Waals surface area contributed by atoms with E-state index in [1.54, 1.807) is 7.11 Å². The van der Waals surface area contributed by atoms with Crippen LogP contribution in [0.1, 0.15) is 41.0 Å². The molecule has 2 aromatic carbocycles. The van der Waals surface area contributed by atoms with Crippen LogP contribution in [0.5, 0.6) is 11.5 Å². The van der Waals surface area contributed by atoms with Crippen LogP contribution in [0.25, 0.3) is 0 Å². The Bertz CT molecular complexity index is 755. The van der Waals surface area contributed by atoms with Crippen molar-refractivity contribution < 1.29 is 9.84 Å². The van der Waals surface area contributed by atoms with Crippen molar-refractivity contribution in [1.29, 1.82) is 0 Å². The van der Waals surface area contributed by atoms with Gasteiger partial charge >= 0.3 is 0 Å². The van der Waals surface area contributed by atoms with Gasteiger partial charge in [-0.15, -0.1) is 0 Å². The molecule has 1 aliphatic carbocycles. The minimum Gasteiger partial charge on any atom is -0.504 e. The average molecular weight is 323 g/mol. The van der Waals surface area contributed by atoms with E-state index in [9.17, 15) is 5.11 Å². The summed E-state index contributed by atoms with van der Waals surface area (Å²) in [5.41, 5.74) is 5.47. The number of benzene rings is 2. The number of fused-ring (bicyclic) bond motifs is 5. The second-order valence-corrected chi connectivity index (χ2v) is 7.09. The smallest absolute Gasteiger partial charge is 0.160 e. The standard InChI is InChI=1S/C21H25NO2/c1-22-11-10-15-12-20(24-2)19(23)13-17(15)21-16-8-4-3-6-14(16)7-5-9-18(21)22/h3-4,6,8,12-13,18,21,23H,5,7,9-11H2,1-2H3. The van der Waals surface area contributed by atoms with Crippen LogP contribution < -0.4 is 4.74 Å². The van der Waals surface area contributed by atoms with Crippen LogP contribution in [0.3, 0.4) is 0 Å². The number of aryl methyl sites for hydroxylation is 1. The molecule has 1 heterocycles. The van der Waals surface area contributed by atoms with E-state index in [2.05, 4.69) is 36.2 Å². The molecule has 3 nitrogen and oxygen atoms in total. The quantitative estimate of drug-likeness (QED) is 0.868. The summed E-state index contributed by atoms with van der Waals surface area (Å²) >= 11 is 0. The molecule has 0 spiro atoms. The zero-order valence-corrected chi connectivity index (χ0v) is 14.5. The lowest BCUT2D eigenvalue weighted by Gasteiger charge is -2.32. The van der Waals surface area contributed by atoms with Gasteiger partial charge in [0.15, 0.2) is 11.5 Å². The Hall–Kier alpha value is -2.00. The van der Waals surface area contributed by atoms with Crippen LogP contribution in [0.2, 0.25) is 0 Å². The number of nitrogens with zero attached hydrogens (tertiary/aromatic N) is 1. The Balaban J connectivity index is 1.94. The van der Waals surface area contributed by atoms with Crippen molar-refractivity contribution in [3.8, 4) is 11.5 Å². The van der Waals surface area contributed by atoms with Crippen LogP contribution >= 0.6 is 0 Å². The molecule has 126 valence electrons. The fraction of sp³-hybridized carbons (Fsp3) is 0.429. The summed E-state index contributed by atoms with van der Waals surface area (Å²) in [5.74, 6) is 1.15. The van der Waals surface area contributed by atoms with Gasteiger partial charge in [0.2, 0.25) is 0 Å². The third-order valence-corrected chi connectivity index (χ3v) is 5.80. The minimum atomic E-state index is 0.251. The summed E-state index contributed by atoms with van der Waals surface area (Å²) in [7, 11) is 3.86. The summed E-state index contributed by atoms with van der Waals surface area (Å²) in [4.78, 5) is 2.51. The molecule has 0 amide bonds. The topological polar surface area (TPSA) is 32.7 Å². The van der Waals surface area contributed by atoms with Crippen LogP contribution in [0.4, 0.5) is 0 Å². The van der Waals surface area contributed by atoms with Gasteiger partial charge in [-0.1, -0.05) is 24.3 Å². The average Bonchev–Trinajstić information content (AvgIpc) is 2.86. The van der Waals surface area contributed by atoms with Crippen molar-refractivity contribution in [3.05, 3.63) is 58.7 Å². The van der Waals surface area contributed by atoms with Gasteiger partial charge in [-0.05, 0) is 67.1 Å². The van der Waals surface area contributed by atoms with E-state index < -0.39 is 0 Å². The number of aromatic hydroxyl groups is 1. The monoisotopic (exact) mass is 323 g/mol. The Labute approximate surface area is 143 Å². The molecule has 2 aliphatic rings. The van der Waals surface area contributed by atoms with Gasteiger partial charge in [-0.25, -0.2) is 0 Å². The first-order valence-corrected chi connectivity index (χ1v) is 8.87. The molecule has 0 radical (unpaired) electrons. The van der Waals surface area contributed by atoms with Gasteiger partial charge in [0.25, 0.3) is 0 Å². The van der Waals surface area contributed by atoms with Crippen molar-refractivity contribution in [2.45, 2.75) is 37.6 Å². The van der Waals surface area contributed by atoms with Crippen LogP contribution in [-0.4, -0.2) is 36.8 Å². The maximum absolute atomic E-state index is 10.4. The number of phenolic OH excluding ortho intramolecular Hbond substituents is 1. The Morgan fingerprint density at radius 3 is 2.75 bits per heavy atom. The predicted molar refractivity (Wildman–Crippen MR) is 96.0 cm³/mol. The Morgan fingerprint density at radius 1 is 1.08 bits per heavy atom. The van der Waals surface area contributed by atoms with Crippen molar-refractivity contribution in [1.82, 2.24) is 4.90 Å². The van der Waals surface area contributed by atoms with E-state index in [-0.39, 0.29) is 5.75 Å². The summed E-state index contributed by atoms with van der Waals surface area (Å²) in [5, 5.41) is 10.4. The zero-order valence-electron chi connectivity index (χ0n) is 14.5. The van der Waals surface area contributed by atoms with Gasteiger partial charge < -0.3 is 14.7 Å². The number of phenols is 1. The van der Waals surface area contributed by atoms with E-state index in [1.807, 2.05) is 12.1 Å². The highest BCUT2D eigenvalue weighted by atomic mass is 16.5. The lowest BCUT2D eigenvalue weighted by atomic mass is 9.81. The normalized spacial score (nSPS) is 23.4. The highest BCUT2D eigenvalue weighted by Crippen LogP contribution is 2.44. The molecule has 0 bridgehead atoms. The predicted octanol–water partition coefficient (Wildman–Crippen LogP) is 3.73. The number of likely N-dealkylation sites (N-methyl/N-ethyl adjacent to an activating group) is 1. The maximum Gasteiger partial charge on any atom is 0.160 e. The number of ether oxygens (including phenoxy) is 1.